The summed E-state index contributed by atoms with van der Waals surface area (Å²) in [6.07, 6.45) is 0.618. The number of sulfonamides is 1. The van der Waals surface area contributed by atoms with Gasteiger partial charge in [-0.25, -0.2) is 13.2 Å². The molecule has 0 saturated carbocycles. The third-order valence-corrected chi connectivity index (χ3v) is 7.68. The molecule has 7 heteroatoms. The number of benzene rings is 2. The molecule has 0 aliphatic rings. The van der Waals surface area contributed by atoms with Gasteiger partial charge in [0.15, 0.2) is 0 Å². The second-order valence-electron chi connectivity index (χ2n) is 7.04. The van der Waals surface area contributed by atoms with Crippen molar-refractivity contribution >= 4 is 32.3 Å². The third kappa shape index (κ3) is 4.53. The summed E-state index contributed by atoms with van der Waals surface area (Å²) in [6, 6.07) is 21.3. The molecule has 0 unspecified atom stereocenters. The standard InChI is InChI=1S/C23H21NO4S2/c1-17-7-9-20(29-17)16-24(14-13-18-5-3-2-4-6-18)30(26,27)21-10-11-22-19(15-21)8-12-23(25)28-22/h2-12,15H,13-14,16H2,1H3. The number of hydrogen-bond acceptors (Lipinski definition) is 5. The van der Waals surface area contributed by atoms with Crippen molar-refractivity contribution in [2.75, 3.05) is 6.54 Å². The highest BCUT2D eigenvalue weighted by Crippen LogP contribution is 2.25. The Morgan fingerprint density at radius 1 is 0.967 bits per heavy atom. The van der Waals surface area contributed by atoms with Crippen LogP contribution in [0.3, 0.4) is 0 Å². The molecule has 0 spiro atoms. The minimum Gasteiger partial charge on any atom is -0.423 e. The number of thiophene rings is 1. The molecule has 0 bridgehead atoms. The van der Waals surface area contributed by atoms with E-state index in [0.717, 1.165) is 15.3 Å². The molecule has 0 aliphatic heterocycles. The first kappa shape index (κ1) is 20.5. The zero-order valence-electron chi connectivity index (χ0n) is 16.4. The summed E-state index contributed by atoms with van der Waals surface area (Å²) < 4.78 is 33.7. The molecule has 0 atom stereocenters. The summed E-state index contributed by atoms with van der Waals surface area (Å²) in [5, 5.41) is 0.575. The van der Waals surface area contributed by atoms with Crippen molar-refractivity contribution in [3.8, 4) is 0 Å². The first-order valence-electron chi connectivity index (χ1n) is 9.55. The Balaban J connectivity index is 1.68. The molecule has 2 aromatic heterocycles. The van der Waals surface area contributed by atoms with Crippen LogP contribution in [-0.4, -0.2) is 19.3 Å². The van der Waals surface area contributed by atoms with Gasteiger partial charge in [-0.1, -0.05) is 30.3 Å². The second-order valence-corrected chi connectivity index (χ2v) is 10.4. The van der Waals surface area contributed by atoms with Gasteiger partial charge in [0.1, 0.15) is 5.58 Å². The molecule has 0 N–H and O–H groups in total. The minimum atomic E-state index is -3.74. The fourth-order valence-electron chi connectivity index (χ4n) is 3.29. The summed E-state index contributed by atoms with van der Waals surface area (Å²) >= 11 is 1.60. The largest absolute Gasteiger partial charge is 0.423 e. The van der Waals surface area contributed by atoms with Crippen LogP contribution in [-0.2, 0) is 23.0 Å². The highest BCUT2D eigenvalue weighted by atomic mass is 32.2. The molecular formula is C23H21NO4S2. The van der Waals surface area contributed by atoms with Crippen molar-refractivity contribution in [1.29, 1.82) is 0 Å². The van der Waals surface area contributed by atoms with Gasteiger partial charge in [-0.2, -0.15) is 4.31 Å². The molecule has 4 aromatic rings. The van der Waals surface area contributed by atoms with Crippen LogP contribution in [0.25, 0.3) is 11.0 Å². The number of fused-ring (bicyclic) bond motifs is 1. The number of aryl methyl sites for hydroxylation is 1. The van der Waals surface area contributed by atoms with Gasteiger partial charge in [-0.3, -0.25) is 0 Å². The molecule has 30 heavy (non-hydrogen) atoms. The first-order chi connectivity index (χ1) is 14.4. The smallest absolute Gasteiger partial charge is 0.336 e. The van der Waals surface area contributed by atoms with Crippen LogP contribution in [0.15, 0.2) is 86.9 Å². The maximum absolute atomic E-state index is 13.5. The van der Waals surface area contributed by atoms with E-state index in [4.69, 9.17) is 4.42 Å². The molecular weight excluding hydrogens is 418 g/mol. The van der Waals surface area contributed by atoms with E-state index in [1.807, 2.05) is 49.4 Å². The zero-order chi connectivity index (χ0) is 21.1. The van der Waals surface area contributed by atoms with Crippen molar-refractivity contribution in [3.63, 3.8) is 0 Å². The normalized spacial score (nSPS) is 11.9. The highest BCUT2D eigenvalue weighted by Gasteiger charge is 2.25. The number of hydrogen-bond donors (Lipinski definition) is 0. The Bertz CT molecular complexity index is 1320. The Morgan fingerprint density at radius 2 is 1.77 bits per heavy atom. The SMILES string of the molecule is Cc1ccc(CN(CCc2ccccc2)S(=O)(=O)c2ccc3oc(=O)ccc3c2)s1. The van der Waals surface area contributed by atoms with Crippen LogP contribution in [0.5, 0.6) is 0 Å². The topological polar surface area (TPSA) is 67.6 Å². The van der Waals surface area contributed by atoms with E-state index >= 15 is 0 Å². The van der Waals surface area contributed by atoms with Crippen LogP contribution in [0.1, 0.15) is 15.3 Å². The first-order valence-corrected chi connectivity index (χ1v) is 11.8. The maximum atomic E-state index is 13.5. The molecule has 154 valence electrons. The van der Waals surface area contributed by atoms with Gasteiger partial charge < -0.3 is 4.42 Å². The van der Waals surface area contributed by atoms with E-state index in [9.17, 15) is 13.2 Å². The summed E-state index contributed by atoms with van der Waals surface area (Å²) in [5.41, 5.74) is 0.988. The van der Waals surface area contributed by atoms with Gasteiger partial charge in [-0.05, 0) is 55.3 Å². The lowest BCUT2D eigenvalue weighted by Crippen LogP contribution is -2.32. The van der Waals surface area contributed by atoms with E-state index in [1.165, 1.54) is 22.5 Å². The van der Waals surface area contributed by atoms with Crippen molar-refractivity contribution in [3.05, 3.63) is 98.5 Å². The molecule has 0 amide bonds. The Hall–Kier alpha value is -2.74. The van der Waals surface area contributed by atoms with Gasteiger partial charge in [0.05, 0.1) is 4.90 Å². The van der Waals surface area contributed by atoms with E-state index in [1.54, 1.807) is 23.5 Å². The lowest BCUT2D eigenvalue weighted by molar-refractivity contribution is 0.412. The maximum Gasteiger partial charge on any atom is 0.336 e. The monoisotopic (exact) mass is 439 g/mol. The van der Waals surface area contributed by atoms with E-state index < -0.39 is 15.6 Å². The van der Waals surface area contributed by atoms with Crippen LogP contribution in [0.2, 0.25) is 0 Å². The third-order valence-electron chi connectivity index (χ3n) is 4.85. The lowest BCUT2D eigenvalue weighted by atomic mass is 10.1. The Morgan fingerprint density at radius 3 is 2.50 bits per heavy atom. The predicted octanol–water partition coefficient (Wildman–Crippen LogP) is 4.60. The van der Waals surface area contributed by atoms with Crippen LogP contribution in [0.4, 0.5) is 0 Å². The van der Waals surface area contributed by atoms with E-state index in [-0.39, 0.29) is 4.90 Å². The van der Waals surface area contributed by atoms with Gasteiger partial charge in [0.25, 0.3) is 0 Å². The van der Waals surface area contributed by atoms with E-state index in [2.05, 4.69) is 0 Å². The molecule has 2 heterocycles. The second kappa shape index (κ2) is 8.55. The molecule has 5 nitrogen and oxygen atoms in total. The molecule has 0 radical (unpaired) electrons. The predicted molar refractivity (Wildman–Crippen MR) is 119 cm³/mol. The number of rotatable bonds is 7. The average Bonchev–Trinajstić information content (AvgIpc) is 3.16. The van der Waals surface area contributed by atoms with Crippen molar-refractivity contribution in [1.82, 2.24) is 4.31 Å². The molecule has 4 rings (SSSR count). The van der Waals surface area contributed by atoms with E-state index in [0.29, 0.717) is 30.5 Å². The molecule has 0 saturated heterocycles. The van der Waals surface area contributed by atoms with Crippen molar-refractivity contribution in [2.24, 2.45) is 0 Å². The van der Waals surface area contributed by atoms with Gasteiger partial charge in [0.2, 0.25) is 10.0 Å². The van der Waals surface area contributed by atoms with Gasteiger partial charge >= 0.3 is 5.63 Å². The van der Waals surface area contributed by atoms with Crippen LogP contribution >= 0.6 is 11.3 Å². The number of nitrogens with zero attached hydrogens (tertiary/aromatic N) is 1. The highest BCUT2D eigenvalue weighted by molar-refractivity contribution is 7.89. The van der Waals surface area contributed by atoms with Crippen LogP contribution < -0.4 is 5.63 Å². The molecule has 2 aromatic carbocycles. The van der Waals surface area contributed by atoms with Gasteiger partial charge in [-0.15, -0.1) is 11.3 Å². The Kier molecular flexibility index (Phi) is 5.85. The fourth-order valence-corrected chi connectivity index (χ4v) is 5.73. The van der Waals surface area contributed by atoms with Gasteiger partial charge in [0, 0.05) is 34.3 Å². The minimum absolute atomic E-state index is 0.185. The van der Waals surface area contributed by atoms with Crippen LogP contribution in [0, 0.1) is 6.92 Å². The quantitative estimate of drug-likeness (QED) is 0.395. The summed E-state index contributed by atoms with van der Waals surface area (Å²) in [4.78, 5) is 13.7. The summed E-state index contributed by atoms with van der Waals surface area (Å²) in [7, 11) is -3.74. The molecule has 0 fully saturated rings. The zero-order valence-corrected chi connectivity index (χ0v) is 18.1. The Labute approximate surface area is 179 Å². The van der Waals surface area contributed by atoms with Crippen molar-refractivity contribution < 1.29 is 12.8 Å². The summed E-state index contributed by atoms with van der Waals surface area (Å²) in [6.45, 7) is 2.69. The fraction of sp³-hybridized carbons (Fsp3) is 0.174. The summed E-state index contributed by atoms with van der Waals surface area (Å²) in [5.74, 6) is 0. The average molecular weight is 440 g/mol. The molecule has 0 aliphatic carbocycles. The van der Waals surface area contributed by atoms with Crippen molar-refractivity contribution in [2.45, 2.75) is 24.8 Å². The lowest BCUT2D eigenvalue weighted by Gasteiger charge is -2.22.